The predicted molar refractivity (Wildman–Crippen MR) is 97.4 cm³/mol. The van der Waals surface area contributed by atoms with Gasteiger partial charge in [-0.2, -0.15) is 0 Å². The minimum absolute atomic E-state index is 0.00994. The Kier molecular flexibility index (Phi) is 4.91. The van der Waals surface area contributed by atoms with Crippen LogP contribution in [0.5, 0.6) is 0 Å². The molecule has 0 saturated heterocycles. The van der Waals surface area contributed by atoms with Crippen LogP contribution < -0.4 is 0 Å². The summed E-state index contributed by atoms with van der Waals surface area (Å²) in [5.74, 6) is -3.16. The third-order valence-electron chi connectivity index (χ3n) is 4.15. The van der Waals surface area contributed by atoms with Crippen molar-refractivity contribution < 1.29 is 23.4 Å². The van der Waals surface area contributed by atoms with Crippen LogP contribution in [0.3, 0.4) is 0 Å². The number of rotatable bonds is 3. The number of nitrogens with zero attached hydrogens (tertiary/aromatic N) is 1. The van der Waals surface area contributed by atoms with Gasteiger partial charge >= 0.3 is 5.97 Å². The number of esters is 1. The maximum atomic E-state index is 14.3. The van der Waals surface area contributed by atoms with Gasteiger partial charge in [-0.05, 0) is 38.5 Å². The largest absolute Gasteiger partial charge is 0.505 e. The van der Waals surface area contributed by atoms with Crippen LogP contribution in [-0.2, 0) is 22.6 Å². The molecule has 0 saturated carbocycles. The van der Waals surface area contributed by atoms with Crippen molar-refractivity contribution in [3.05, 3.63) is 76.5 Å². The highest BCUT2D eigenvalue weighted by Gasteiger charge is 2.34. The number of benzene rings is 2. The number of aliphatic hydroxyl groups excluding tert-OH is 1. The Morgan fingerprint density at radius 2 is 1.81 bits per heavy atom. The average Bonchev–Trinajstić information content (AvgIpc) is 2.58. The van der Waals surface area contributed by atoms with Crippen molar-refractivity contribution in [3.63, 3.8) is 0 Å². The van der Waals surface area contributed by atoms with E-state index in [0.717, 1.165) is 11.6 Å². The molecular formula is C21H21F2NO3. The number of ether oxygens (including phenoxy) is 1. The van der Waals surface area contributed by atoms with E-state index in [1.54, 1.807) is 20.8 Å². The fourth-order valence-electron chi connectivity index (χ4n) is 3.01. The molecule has 0 amide bonds. The van der Waals surface area contributed by atoms with Crippen molar-refractivity contribution in [2.24, 2.45) is 0 Å². The number of carbonyl (C=O) groups excluding carboxylic acids is 1. The summed E-state index contributed by atoms with van der Waals surface area (Å²) in [6.45, 7) is 5.32. The molecule has 1 aliphatic rings. The van der Waals surface area contributed by atoms with Gasteiger partial charge in [0.2, 0.25) is 0 Å². The van der Waals surface area contributed by atoms with Crippen molar-refractivity contribution in [1.82, 2.24) is 4.90 Å². The average molecular weight is 373 g/mol. The number of carbonyl (C=O) groups is 1. The van der Waals surface area contributed by atoms with Crippen LogP contribution in [0, 0.1) is 11.6 Å². The SMILES string of the molecule is CC(C)(C)OC(=O)C1=C(O)c2ccc(F)c(F)c2CN1Cc1ccccc1. The molecule has 6 heteroatoms. The third kappa shape index (κ3) is 3.94. The number of fused-ring (bicyclic) bond motifs is 1. The van der Waals surface area contributed by atoms with E-state index in [0.29, 0.717) is 0 Å². The molecule has 3 rings (SSSR count). The number of hydrogen-bond acceptors (Lipinski definition) is 4. The lowest BCUT2D eigenvalue weighted by atomic mass is 9.97. The van der Waals surface area contributed by atoms with Gasteiger partial charge in [-0.25, -0.2) is 13.6 Å². The minimum atomic E-state index is -1.03. The van der Waals surface area contributed by atoms with E-state index in [9.17, 15) is 18.7 Å². The number of hydrogen-bond donors (Lipinski definition) is 1. The first-order chi connectivity index (χ1) is 12.7. The van der Waals surface area contributed by atoms with E-state index in [-0.39, 0.29) is 29.9 Å². The van der Waals surface area contributed by atoms with Crippen molar-refractivity contribution in [1.29, 1.82) is 0 Å². The molecule has 0 fully saturated rings. The first-order valence-corrected chi connectivity index (χ1v) is 8.60. The monoisotopic (exact) mass is 373 g/mol. The van der Waals surface area contributed by atoms with Gasteiger partial charge in [0.25, 0.3) is 0 Å². The zero-order chi connectivity index (χ0) is 19.8. The van der Waals surface area contributed by atoms with E-state index < -0.39 is 29.0 Å². The predicted octanol–water partition coefficient (Wildman–Crippen LogP) is 4.55. The summed E-state index contributed by atoms with van der Waals surface area (Å²) in [5, 5.41) is 10.7. The minimum Gasteiger partial charge on any atom is -0.505 e. The molecule has 1 heterocycles. The summed E-state index contributed by atoms with van der Waals surface area (Å²) in [7, 11) is 0. The summed E-state index contributed by atoms with van der Waals surface area (Å²) in [5.41, 5.74) is 0.130. The maximum Gasteiger partial charge on any atom is 0.359 e. The van der Waals surface area contributed by atoms with Crippen LogP contribution in [0.15, 0.2) is 48.2 Å². The number of halogens is 2. The molecule has 142 valence electrons. The van der Waals surface area contributed by atoms with Crippen molar-refractivity contribution in [2.45, 2.75) is 39.5 Å². The molecule has 0 atom stereocenters. The molecule has 27 heavy (non-hydrogen) atoms. The Bertz CT molecular complexity index is 902. The highest BCUT2D eigenvalue weighted by Crippen LogP contribution is 2.34. The molecule has 1 aliphatic heterocycles. The smallest absolute Gasteiger partial charge is 0.359 e. The Hall–Kier alpha value is -2.89. The van der Waals surface area contributed by atoms with Crippen LogP contribution in [0.4, 0.5) is 8.78 Å². The van der Waals surface area contributed by atoms with Crippen LogP contribution in [0.1, 0.15) is 37.5 Å². The third-order valence-corrected chi connectivity index (χ3v) is 4.15. The zero-order valence-corrected chi connectivity index (χ0v) is 15.4. The highest BCUT2D eigenvalue weighted by molar-refractivity contribution is 5.96. The second kappa shape index (κ2) is 7.02. The molecule has 0 bridgehead atoms. The Morgan fingerprint density at radius 3 is 2.44 bits per heavy atom. The molecular weight excluding hydrogens is 352 g/mol. The van der Waals surface area contributed by atoms with Crippen LogP contribution >= 0.6 is 0 Å². The van der Waals surface area contributed by atoms with Crippen LogP contribution in [0.2, 0.25) is 0 Å². The first kappa shape index (κ1) is 18.9. The van der Waals surface area contributed by atoms with Crippen molar-refractivity contribution in [2.75, 3.05) is 0 Å². The normalized spacial score (nSPS) is 14.2. The fourth-order valence-corrected chi connectivity index (χ4v) is 3.01. The Labute approximate surface area is 156 Å². The van der Waals surface area contributed by atoms with E-state index in [2.05, 4.69) is 0 Å². The van der Waals surface area contributed by atoms with Crippen molar-refractivity contribution in [3.8, 4) is 0 Å². The van der Waals surface area contributed by atoms with E-state index >= 15 is 0 Å². The molecule has 0 radical (unpaired) electrons. The van der Waals surface area contributed by atoms with Crippen molar-refractivity contribution >= 4 is 11.7 Å². The van der Waals surface area contributed by atoms with E-state index in [1.807, 2.05) is 30.3 Å². The summed E-state index contributed by atoms with van der Waals surface area (Å²) in [4.78, 5) is 14.2. The molecule has 2 aromatic rings. The van der Waals surface area contributed by atoms with Crippen LogP contribution in [0.25, 0.3) is 5.76 Å². The molecule has 0 spiro atoms. The molecule has 0 aliphatic carbocycles. The van der Waals surface area contributed by atoms with Gasteiger partial charge in [-0.3, -0.25) is 0 Å². The summed E-state index contributed by atoms with van der Waals surface area (Å²) >= 11 is 0. The molecule has 2 aromatic carbocycles. The quantitative estimate of drug-likeness (QED) is 0.802. The van der Waals surface area contributed by atoms with Gasteiger partial charge in [0.05, 0.1) is 0 Å². The molecule has 0 aromatic heterocycles. The number of aliphatic hydroxyl groups is 1. The lowest BCUT2D eigenvalue weighted by molar-refractivity contribution is -0.152. The van der Waals surface area contributed by atoms with Gasteiger partial charge in [-0.1, -0.05) is 30.3 Å². The second-order valence-electron chi connectivity index (χ2n) is 7.43. The first-order valence-electron chi connectivity index (χ1n) is 8.60. The van der Waals surface area contributed by atoms with E-state index in [1.165, 1.54) is 11.0 Å². The fraction of sp³-hybridized carbons (Fsp3) is 0.286. The highest BCUT2D eigenvalue weighted by atomic mass is 19.2. The molecule has 4 nitrogen and oxygen atoms in total. The van der Waals surface area contributed by atoms with Gasteiger partial charge < -0.3 is 14.7 Å². The lowest BCUT2D eigenvalue weighted by Crippen LogP contribution is -2.36. The van der Waals surface area contributed by atoms with Gasteiger partial charge in [0, 0.05) is 24.2 Å². The van der Waals surface area contributed by atoms with Crippen LogP contribution in [-0.4, -0.2) is 21.6 Å². The lowest BCUT2D eigenvalue weighted by Gasteiger charge is -2.33. The summed E-state index contributed by atoms with van der Waals surface area (Å²) < 4.78 is 33.4. The van der Waals surface area contributed by atoms with E-state index in [4.69, 9.17) is 4.74 Å². The Morgan fingerprint density at radius 1 is 1.15 bits per heavy atom. The van der Waals surface area contributed by atoms with Gasteiger partial charge in [-0.15, -0.1) is 0 Å². The molecule has 0 unspecified atom stereocenters. The maximum absolute atomic E-state index is 14.3. The Balaban J connectivity index is 2.08. The van der Waals surface area contributed by atoms with Gasteiger partial charge in [0.15, 0.2) is 23.1 Å². The summed E-state index contributed by atoms with van der Waals surface area (Å²) in [6.07, 6.45) is 0. The zero-order valence-electron chi connectivity index (χ0n) is 15.4. The van der Waals surface area contributed by atoms with Gasteiger partial charge in [0.1, 0.15) is 5.60 Å². The second-order valence-corrected chi connectivity index (χ2v) is 7.43. The summed E-state index contributed by atoms with van der Waals surface area (Å²) in [6, 6.07) is 11.4. The standard InChI is InChI=1S/C21H21F2NO3/c1-21(2,3)27-20(26)18-19(25)14-9-10-16(22)17(23)15(14)12-24(18)11-13-7-5-4-6-8-13/h4-10,25H,11-12H2,1-3H3. The topological polar surface area (TPSA) is 49.8 Å². The molecule has 1 N–H and O–H groups in total.